The van der Waals surface area contributed by atoms with Gasteiger partial charge in [-0.1, -0.05) is 18.2 Å². The van der Waals surface area contributed by atoms with Crippen molar-refractivity contribution < 1.29 is 22.3 Å². The summed E-state index contributed by atoms with van der Waals surface area (Å²) in [7, 11) is -2.19. The smallest absolute Gasteiger partial charge is 0.325 e. The molecule has 1 saturated heterocycles. The Hall–Kier alpha value is -2.71. The number of aromatic nitrogens is 1. The van der Waals surface area contributed by atoms with Crippen molar-refractivity contribution in [3.63, 3.8) is 0 Å². The third-order valence-corrected chi connectivity index (χ3v) is 8.01. The standard InChI is InChI=1S/C23H25FN2O4S/c1-16-23(20-14-18(24)8-9-21(20)26(16)15-22(27)30-2)17-10-12-25(13-11-17)31(28,29)19-6-4-3-5-7-19/h3-9,14,17H,10-13,15H2,1-2H3. The van der Waals surface area contributed by atoms with E-state index in [9.17, 15) is 17.6 Å². The van der Waals surface area contributed by atoms with Crippen molar-refractivity contribution in [3.05, 3.63) is 65.6 Å². The van der Waals surface area contributed by atoms with Gasteiger partial charge in [-0.15, -0.1) is 0 Å². The lowest BCUT2D eigenvalue weighted by Crippen LogP contribution is -2.38. The van der Waals surface area contributed by atoms with E-state index in [0.29, 0.717) is 30.8 Å². The van der Waals surface area contributed by atoms with Gasteiger partial charge >= 0.3 is 5.97 Å². The van der Waals surface area contributed by atoms with Crippen LogP contribution in [0.3, 0.4) is 0 Å². The molecular formula is C23H25FN2O4S. The highest BCUT2D eigenvalue weighted by Gasteiger charge is 2.32. The first-order chi connectivity index (χ1) is 14.8. The van der Waals surface area contributed by atoms with Crippen molar-refractivity contribution in [2.45, 2.75) is 37.1 Å². The minimum absolute atomic E-state index is 0.0473. The van der Waals surface area contributed by atoms with Crippen LogP contribution >= 0.6 is 0 Å². The van der Waals surface area contributed by atoms with E-state index in [0.717, 1.165) is 22.2 Å². The third kappa shape index (κ3) is 3.97. The van der Waals surface area contributed by atoms with Gasteiger partial charge in [0.15, 0.2) is 0 Å². The first-order valence-electron chi connectivity index (χ1n) is 10.2. The number of fused-ring (bicyclic) bond motifs is 1. The van der Waals surface area contributed by atoms with Crippen LogP contribution in [0.15, 0.2) is 53.4 Å². The number of carbonyl (C=O) groups is 1. The summed E-state index contributed by atoms with van der Waals surface area (Å²) in [5, 5.41) is 0.769. The number of hydrogen-bond donors (Lipinski definition) is 0. The van der Waals surface area contributed by atoms with E-state index in [-0.39, 0.29) is 24.2 Å². The Morgan fingerprint density at radius 1 is 1.13 bits per heavy atom. The summed E-state index contributed by atoms with van der Waals surface area (Å²) in [5.41, 5.74) is 2.64. The molecule has 0 saturated carbocycles. The summed E-state index contributed by atoms with van der Waals surface area (Å²) in [5.74, 6) is -0.641. The van der Waals surface area contributed by atoms with Gasteiger partial charge in [0.1, 0.15) is 12.4 Å². The lowest BCUT2D eigenvalue weighted by atomic mass is 9.88. The van der Waals surface area contributed by atoms with Gasteiger partial charge in [0, 0.05) is 29.7 Å². The summed E-state index contributed by atoms with van der Waals surface area (Å²) >= 11 is 0. The number of ether oxygens (including phenoxy) is 1. The normalized spacial score (nSPS) is 16.0. The number of piperidine rings is 1. The minimum Gasteiger partial charge on any atom is -0.468 e. The summed E-state index contributed by atoms with van der Waals surface area (Å²) < 4.78 is 48.1. The van der Waals surface area contributed by atoms with Crippen molar-refractivity contribution in [2.24, 2.45) is 0 Å². The average Bonchev–Trinajstić information content (AvgIpc) is 3.04. The zero-order valence-electron chi connectivity index (χ0n) is 17.5. The topological polar surface area (TPSA) is 68.6 Å². The number of benzene rings is 2. The van der Waals surface area contributed by atoms with E-state index in [1.54, 1.807) is 36.4 Å². The molecule has 0 radical (unpaired) electrons. The number of nitrogens with zero attached hydrogens (tertiary/aromatic N) is 2. The van der Waals surface area contributed by atoms with Gasteiger partial charge in [-0.25, -0.2) is 12.8 Å². The van der Waals surface area contributed by atoms with Gasteiger partial charge < -0.3 is 9.30 Å². The molecule has 164 valence electrons. The second-order valence-corrected chi connectivity index (χ2v) is 9.75. The van der Waals surface area contributed by atoms with Crippen LogP contribution in [0, 0.1) is 12.7 Å². The van der Waals surface area contributed by atoms with Crippen LogP contribution in [0.2, 0.25) is 0 Å². The van der Waals surface area contributed by atoms with Crippen LogP contribution in [0.5, 0.6) is 0 Å². The molecule has 0 N–H and O–H groups in total. The van der Waals surface area contributed by atoms with Crippen LogP contribution in [-0.4, -0.2) is 43.5 Å². The first-order valence-corrected chi connectivity index (χ1v) is 11.7. The van der Waals surface area contributed by atoms with E-state index >= 15 is 0 Å². The molecular weight excluding hydrogens is 419 g/mol. The molecule has 1 aliphatic heterocycles. The number of carbonyl (C=O) groups excluding carboxylic acids is 1. The van der Waals surface area contributed by atoms with Crippen molar-refractivity contribution in [2.75, 3.05) is 20.2 Å². The molecule has 8 heteroatoms. The van der Waals surface area contributed by atoms with Crippen molar-refractivity contribution >= 4 is 26.9 Å². The van der Waals surface area contributed by atoms with E-state index < -0.39 is 10.0 Å². The molecule has 0 bridgehead atoms. The monoisotopic (exact) mass is 444 g/mol. The zero-order chi connectivity index (χ0) is 22.2. The molecule has 2 heterocycles. The maximum Gasteiger partial charge on any atom is 0.325 e. The Labute approximate surface area is 181 Å². The molecule has 4 rings (SSSR count). The molecule has 1 aliphatic rings. The lowest BCUT2D eigenvalue weighted by Gasteiger charge is -2.31. The molecule has 0 spiro atoms. The van der Waals surface area contributed by atoms with Gasteiger partial charge in [-0.2, -0.15) is 4.31 Å². The molecule has 0 amide bonds. The fourth-order valence-electron chi connectivity index (χ4n) is 4.52. The van der Waals surface area contributed by atoms with E-state index in [4.69, 9.17) is 4.74 Å². The van der Waals surface area contributed by atoms with Crippen LogP contribution in [-0.2, 0) is 26.1 Å². The second-order valence-electron chi connectivity index (χ2n) is 7.81. The fourth-order valence-corrected chi connectivity index (χ4v) is 6.01. The number of hydrogen-bond acceptors (Lipinski definition) is 4. The number of halogens is 1. The molecule has 3 aromatic rings. The highest BCUT2D eigenvalue weighted by atomic mass is 32.2. The molecule has 0 unspecified atom stereocenters. The molecule has 1 fully saturated rings. The number of rotatable bonds is 5. The third-order valence-electron chi connectivity index (χ3n) is 6.09. The van der Waals surface area contributed by atoms with Gasteiger partial charge in [0.2, 0.25) is 10.0 Å². The van der Waals surface area contributed by atoms with Crippen molar-refractivity contribution in [3.8, 4) is 0 Å². The van der Waals surface area contributed by atoms with E-state index in [1.807, 2.05) is 11.5 Å². The van der Waals surface area contributed by atoms with Crippen LogP contribution in [0.4, 0.5) is 4.39 Å². The number of methoxy groups -OCH3 is 1. The van der Waals surface area contributed by atoms with E-state index in [2.05, 4.69) is 0 Å². The summed E-state index contributed by atoms with van der Waals surface area (Å²) in [4.78, 5) is 12.2. The minimum atomic E-state index is -3.53. The summed E-state index contributed by atoms with van der Waals surface area (Å²) in [6, 6.07) is 13.0. The fraction of sp³-hybridized carbons (Fsp3) is 0.348. The van der Waals surface area contributed by atoms with Gasteiger partial charge in [-0.05, 0) is 61.6 Å². The number of esters is 1. The Morgan fingerprint density at radius 2 is 1.81 bits per heavy atom. The van der Waals surface area contributed by atoms with E-state index in [1.165, 1.54) is 23.5 Å². The first kappa shape index (κ1) is 21.5. The quantitative estimate of drug-likeness (QED) is 0.561. The van der Waals surface area contributed by atoms with Crippen molar-refractivity contribution in [1.82, 2.24) is 8.87 Å². The maximum absolute atomic E-state index is 14.1. The molecule has 0 aliphatic carbocycles. The van der Waals surface area contributed by atoms with Crippen LogP contribution in [0.25, 0.3) is 10.9 Å². The largest absolute Gasteiger partial charge is 0.468 e. The summed E-state index contributed by atoms with van der Waals surface area (Å²) in [6.07, 6.45) is 1.25. The predicted octanol–water partition coefficient (Wildman–Crippen LogP) is 3.83. The zero-order valence-corrected chi connectivity index (χ0v) is 18.4. The Morgan fingerprint density at radius 3 is 2.45 bits per heavy atom. The SMILES string of the molecule is COC(=O)Cn1c(C)c(C2CCN(S(=O)(=O)c3ccccc3)CC2)c2cc(F)ccc21. The highest BCUT2D eigenvalue weighted by Crippen LogP contribution is 2.38. The highest BCUT2D eigenvalue weighted by molar-refractivity contribution is 7.89. The molecule has 1 aromatic heterocycles. The van der Waals surface area contributed by atoms with Crippen molar-refractivity contribution in [1.29, 1.82) is 0 Å². The Kier molecular flexibility index (Phi) is 5.85. The predicted molar refractivity (Wildman–Crippen MR) is 116 cm³/mol. The Balaban J connectivity index is 1.64. The molecule has 31 heavy (non-hydrogen) atoms. The van der Waals surface area contributed by atoms with Crippen LogP contribution in [0.1, 0.15) is 30.0 Å². The van der Waals surface area contributed by atoms with Gasteiger partial charge in [-0.3, -0.25) is 4.79 Å². The second kappa shape index (κ2) is 8.43. The molecule has 0 atom stereocenters. The van der Waals surface area contributed by atoms with Gasteiger partial charge in [0.05, 0.1) is 12.0 Å². The van der Waals surface area contributed by atoms with Gasteiger partial charge in [0.25, 0.3) is 0 Å². The lowest BCUT2D eigenvalue weighted by molar-refractivity contribution is -0.141. The Bertz CT molecular complexity index is 1210. The number of sulfonamides is 1. The summed E-state index contributed by atoms with van der Waals surface area (Å²) in [6.45, 7) is 2.75. The molecule has 2 aromatic carbocycles. The van der Waals surface area contributed by atoms with Crippen LogP contribution < -0.4 is 0 Å². The molecule has 6 nitrogen and oxygen atoms in total. The maximum atomic E-state index is 14.1. The average molecular weight is 445 g/mol.